The molecule has 0 spiro atoms. The molecule has 2 aromatic rings. The molecule has 0 bridgehead atoms. The van der Waals surface area contributed by atoms with Crippen LogP contribution >= 0.6 is 22.6 Å². The zero-order valence-corrected chi connectivity index (χ0v) is 13.7. The van der Waals surface area contributed by atoms with Crippen LogP contribution in [-0.4, -0.2) is 18.7 Å². The van der Waals surface area contributed by atoms with Crippen molar-refractivity contribution < 1.29 is 9.53 Å². The van der Waals surface area contributed by atoms with Crippen LogP contribution in [0.4, 0.5) is 0 Å². The highest BCUT2D eigenvalue weighted by atomic mass is 127. The van der Waals surface area contributed by atoms with Gasteiger partial charge < -0.3 is 4.74 Å². The maximum Gasteiger partial charge on any atom is 0.277 e. The third-order valence-electron chi connectivity index (χ3n) is 2.66. The van der Waals surface area contributed by atoms with Gasteiger partial charge in [-0.2, -0.15) is 5.10 Å². The van der Waals surface area contributed by atoms with E-state index in [1.165, 1.54) is 0 Å². The van der Waals surface area contributed by atoms with Crippen molar-refractivity contribution >= 4 is 34.7 Å². The van der Waals surface area contributed by atoms with E-state index in [9.17, 15) is 4.79 Å². The maximum absolute atomic E-state index is 11.6. The van der Waals surface area contributed by atoms with Gasteiger partial charge >= 0.3 is 0 Å². The molecule has 21 heavy (non-hydrogen) atoms. The van der Waals surface area contributed by atoms with E-state index in [4.69, 9.17) is 4.74 Å². The SMILES string of the molecule is Cc1cccc(OCC(=O)N/N=C\c2ccccc2I)c1. The van der Waals surface area contributed by atoms with Crippen molar-refractivity contribution in [1.29, 1.82) is 0 Å². The van der Waals surface area contributed by atoms with E-state index < -0.39 is 0 Å². The number of benzene rings is 2. The van der Waals surface area contributed by atoms with Gasteiger partial charge in [-0.25, -0.2) is 5.43 Å². The Labute approximate surface area is 137 Å². The van der Waals surface area contributed by atoms with Crippen molar-refractivity contribution in [2.75, 3.05) is 6.61 Å². The lowest BCUT2D eigenvalue weighted by atomic mass is 10.2. The molecule has 108 valence electrons. The van der Waals surface area contributed by atoms with Crippen LogP contribution in [0.1, 0.15) is 11.1 Å². The van der Waals surface area contributed by atoms with Gasteiger partial charge in [-0.3, -0.25) is 4.79 Å². The molecule has 0 aliphatic heterocycles. The lowest BCUT2D eigenvalue weighted by Crippen LogP contribution is -2.24. The molecule has 1 N–H and O–H groups in total. The quantitative estimate of drug-likeness (QED) is 0.481. The number of rotatable bonds is 5. The minimum atomic E-state index is -0.293. The van der Waals surface area contributed by atoms with Gasteiger partial charge in [0.05, 0.1) is 6.21 Å². The molecule has 0 heterocycles. The number of carbonyl (C=O) groups is 1. The molecule has 0 radical (unpaired) electrons. The van der Waals surface area contributed by atoms with Crippen molar-refractivity contribution in [3.8, 4) is 5.75 Å². The second-order valence-electron chi connectivity index (χ2n) is 4.42. The smallest absolute Gasteiger partial charge is 0.277 e. The summed E-state index contributed by atoms with van der Waals surface area (Å²) < 4.78 is 6.46. The molecule has 0 fully saturated rings. The number of hydrazone groups is 1. The number of hydrogen-bond donors (Lipinski definition) is 1. The van der Waals surface area contributed by atoms with E-state index in [0.29, 0.717) is 5.75 Å². The third-order valence-corrected chi connectivity index (χ3v) is 3.64. The summed E-state index contributed by atoms with van der Waals surface area (Å²) in [5.74, 6) is 0.380. The Morgan fingerprint density at radius 3 is 2.86 bits per heavy atom. The predicted octanol–water partition coefficient (Wildman–Crippen LogP) is 3.13. The van der Waals surface area contributed by atoms with Gasteiger partial charge in [0.2, 0.25) is 0 Å². The predicted molar refractivity (Wildman–Crippen MR) is 91.6 cm³/mol. The van der Waals surface area contributed by atoms with Gasteiger partial charge in [-0.15, -0.1) is 0 Å². The fourth-order valence-electron chi connectivity index (χ4n) is 1.64. The number of ether oxygens (including phenoxy) is 1. The lowest BCUT2D eigenvalue weighted by Gasteiger charge is -2.05. The van der Waals surface area contributed by atoms with Crippen LogP contribution in [0.5, 0.6) is 5.75 Å². The first-order valence-electron chi connectivity index (χ1n) is 6.41. The average molecular weight is 394 g/mol. The fraction of sp³-hybridized carbons (Fsp3) is 0.125. The molecule has 0 atom stereocenters. The van der Waals surface area contributed by atoms with E-state index in [1.807, 2.05) is 55.5 Å². The largest absolute Gasteiger partial charge is 0.484 e. The topological polar surface area (TPSA) is 50.7 Å². The number of halogens is 1. The highest BCUT2D eigenvalue weighted by Crippen LogP contribution is 2.12. The summed E-state index contributed by atoms with van der Waals surface area (Å²) in [7, 11) is 0. The molecule has 0 aromatic heterocycles. The Morgan fingerprint density at radius 2 is 2.10 bits per heavy atom. The fourth-order valence-corrected chi connectivity index (χ4v) is 2.17. The Hall–Kier alpha value is -1.89. The Kier molecular flexibility index (Phi) is 5.74. The van der Waals surface area contributed by atoms with Gasteiger partial charge in [-0.1, -0.05) is 30.3 Å². The molecule has 0 aliphatic carbocycles. The van der Waals surface area contributed by atoms with Gasteiger partial charge in [-0.05, 0) is 53.3 Å². The highest BCUT2D eigenvalue weighted by Gasteiger charge is 2.01. The van der Waals surface area contributed by atoms with Crippen molar-refractivity contribution in [3.63, 3.8) is 0 Å². The zero-order chi connectivity index (χ0) is 15.1. The first-order chi connectivity index (χ1) is 10.1. The summed E-state index contributed by atoms with van der Waals surface area (Å²) in [6.45, 7) is 1.91. The molecule has 0 saturated carbocycles. The highest BCUT2D eigenvalue weighted by molar-refractivity contribution is 14.1. The van der Waals surface area contributed by atoms with Gasteiger partial charge in [0, 0.05) is 9.13 Å². The van der Waals surface area contributed by atoms with Gasteiger partial charge in [0.25, 0.3) is 5.91 Å². The number of nitrogens with one attached hydrogen (secondary N) is 1. The number of aryl methyl sites for hydroxylation is 1. The van der Waals surface area contributed by atoms with Gasteiger partial charge in [0.1, 0.15) is 5.75 Å². The first kappa shape index (κ1) is 15.5. The molecule has 2 aromatic carbocycles. The Bertz CT molecular complexity index is 656. The zero-order valence-electron chi connectivity index (χ0n) is 11.5. The van der Waals surface area contributed by atoms with E-state index >= 15 is 0 Å². The summed E-state index contributed by atoms with van der Waals surface area (Å²) in [4.78, 5) is 11.6. The molecule has 2 rings (SSSR count). The van der Waals surface area contributed by atoms with Crippen LogP contribution in [0.15, 0.2) is 53.6 Å². The van der Waals surface area contributed by atoms with Crippen LogP contribution in [0.2, 0.25) is 0 Å². The van der Waals surface area contributed by atoms with Crippen LogP contribution in [0, 0.1) is 10.5 Å². The Balaban J connectivity index is 1.81. The van der Waals surface area contributed by atoms with E-state index in [2.05, 4.69) is 33.1 Å². The van der Waals surface area contributed by atoms with E-state index in [1.54, 1.807) is 6.21 Å². The molecule has 1 amide bonds. The molecule has 5 heteroatoms. The molecule has 0 aliphatic rings. The normalized spacial score (nSPS) is 10.6. The second kappa shape index (κ2) is 7.78. The molecular formula is C16H15IN2O2. The lowest BCUT2D eigenvalue weighted by molar-refractivity contribution is -0.123. The van der Waals surface area contributed by atoms with E-state index in [-0.39, 0.29) is 12.5 Å². The summed E-state index contributed by atoms with van der Waals surface area (Å²) in [6.07, 6.45) is 1.62. The first-order valence-corrected chi connectivity index (χ1v) is 7.49. The summed E-state index contributed by atoms with van der Waals surface area (Å²) >= 11 is 2.22. The van der Waals surface area contributed by atoms with Crippen molar-refractivity contribution in [1.82, 2.24) is 5.43 Å². The standard InChI is InChI=1S/C16H15IN2O2/c1-12-5-4-7-14(9-12)21-11-16(20)19-18-10-13-6-2-3-8-15(13)17/h2-10H,11H2,1H3,(H,19,20)/b18-10-. The van der Waals surface area contributed by atoms with Crippen LogP contribution < -0.4 is 10.2 Å². The van der Waals surface area contributed by atoms with Crippen LogP contribution in [0.3, 0.4) is 0 Å². The summed E-state index contributed by atoms with van der Waals surface area (Å²) in [6, 6.07) is 15.3. The number of nitrogens with zero attached hydrogens (tertiary/aromatic N) is 1. The van der Waals surface area contributed by atoms with Crippen molar-refractivity contribution in [3.05, 3.63) is 63.2 Å². The minimum absolute atomic E-state index is 0.0628. The van der Waals surface area contributed by atoms with E-state index in [0.717, 1.165) is 14.7 Å². The summed E-state index contributed by atoms with van der Waals surface area (Å²) in [5.41, 5.74) is 4.49. The second-order valence-corrected chi connectivity index (χ2v) is 5.58. The molecular weight excluding hydrogens is 379 g/mol. The summed E-state index contributed by atoms with van der Waals surface area (Å²) in [5, 5.41) is 3.92. The van der Waals surface area contributed by atoms with Crippen molar-refractivity contribution in [2.24, 2.45) is 5.10 Å². The number of carbonyl (C=O) groups excluding carboxylic acids is 1. The Morgan fingerprint density at radius 1 is 1.29 bits per heavy atom. The number of hydrogen-bond acceptors (Lipinski definition) is 3. The number of amides is 1. The van der Waals surface area contributed by atoms with Crippen LogP contribution in [0.25, 0.3) is 0 Å². The van der Waals surface area contributed by atoms with Gasteiger partial charge in [0.15, 0.2) is 6.61 Å². The maximum atomic E-state index is 11.6. The monoisotopic (exact) mass is 394 g/mol. The average Bonchev–Trinajstić information content (AvgIpc) is 2.47. The third kappa shape index (κ3) is 5.18. The van der Waals surface area contributed by atoms with Crippen molar-refractivity contribution in [2.45, 2.75) is 6.92 Å². The molecule has 4 nitrogen and oxygen atoms in total. The minimum Gasteiger partial charge on any atom is -0.484 e. The van der Waals surface area contributed by atoms with Crippen LogP contribution in [-0.2, 0) is 4.79 Å². The molecule has 0 unspecified atom stereocenters. The molecule has 0 saturated heterocycles.